The molecule has 4 N–H and O–H groups in total. The minimum atomic E-state index is -1.59. The van der Waals surface area contributed by atoms with Crippen LogP contribution >= 0.6 is 0 Å². The largest absolute Gasteiger partial charge is 0.394 e. The molecular weight excluding hydrogens is 416 g/mol. The third-order valence-electron chi connectivity index (χ3n) is 4.45. The molecule has 1 aromatic carbocycles. The Morgan fingerprint density at radius 1 is 0.935 bits per heavy atom. The van der Waals surface area contributed by atoms with Gasteiger partial charge in [0.05, 0.1) is 18.3 Å². The molecule has 0 fully saturated rings. The van der Waals surface area contributed by atoms with Gasteiger partial charge >= 0.3 is 0 Å². The van der Waals surface area contributed by atoms with Gasteiger partial charge < -0.3 is 10.4 Å². The Bertz CT molecular complexity index is 1030. The summed E-state index contributed by atoms with van der Waals surface area (Å²) in [4.78, 5) is 12.5. The molecule has 0 spiro atoms. The second-order valence-corrected chi connectivity index (χ2v) is 6.97. The van der Waals surface area contributed by atoms with Gasteiger partial charge in [0, 0.05) is 30.1 Å². The highest BCUT2D eigenvalue weighted by atomic mass is 19.2. The first-order valence-corrected chi connectivity index (χ1v) is 9.32. The first-order valence-electron chi connectivity index (χ1n) is 9.32. The Labute approximate surface area is 175 Å². The van der Waals surface area contributed by atoms with E-state index in [4.69, 9.17) is 0 Å². The van der Waals surface area contributed by atoms with Gasteiger partial charge in [0.1, 0.15) is 5.69 Å². The molecule has 0 unspecified atom stereocenters. The summed E-state index contributed by atoms with van der Waals surface area (Å²) in [6.45, 7) is 3.61. The Kier molecular flexibility index (Phi) is 6.85. The number of rotatable bonds is 8. The third kappa shape index (κ3) is 5.18. The monoisotopic (exact) mass is 436 g/mol. The van der Waals surface area contributed by atoms with E-state index in [9.17, 15) is 22.7 Å². The number of nitrogens with one attached hydrogen (secondary N) is 3. The molecule has 2 aromatic heterocycles. The molecule has 0 aliphatic carbocycles. The van der Waals surface area contributed by atoms with Crippen LogP contribution in [0.1, 0.15) is 13.8 Å². The molecule has 31 heavy (non-hydrogen) atoms. The number of hydrogen-bond donors (Lipinski definition) is 4. The SMILES string of the molecule is CC(C)[C@@H](CO)Nc1nc(NNc2c(F)c(F)cc(F)c2F)cc(-c2ccncc2)n1. The fraction of sp³-hybridized carbons (Fsp3) is 0.250. The summed E-state index contributed by atoms with van der Waals surface area (Å²) in [6, 6.07) is 4.60. The fourth-order valence-electron chi connectivity index (χ4n) is 2.64. The average molecular weight is 436 g/mol. The minimum absolute atomic E-state index is 0.0474. The van der Waals surface area contributed by atoms with Crippen molar-refractivity contribution in [3.05, 3.63) is 59.9 Å². The van der Waals surface area contributed by atoms with Crippen molar-refractivity contribution >= 4 is 17.5 Å². The van der Waals surface area contributed by atoms with E-state index in [2.05, 4.69) is 31.1 Å². The molecule has 0 aliphatic rings. The zero-order valence-corrected chi connectivity index (χ0v) is 16.6. The first-order chi connectivity index (χ1) is 14.8. The first kappa shape index (κ1) is 22.2. The van der Waals surface area contributed by atoms with E-state index < -0.39 is 29.0 Å². The molecule has 0 aliphatic heterocycles. The lowest BCUT2D eigenvalue weighted by atomic mass is 10.1. The summed E-state index contributed by atoms with van der Waals surface area (Å²) >= 11 is 0. The lowest BCUT2D eigenvalue weighted by Gasteiger charge is -2.21. The highest BCUT2D eigenvalue weighted by molar-refractivity contribution is 5.65. The van der Waals surface area contributed by atoms with Gasteiger partial charge in [-0.15, -0.1) is 0 Å². The predicted octanol–water partition coefficient (Wildman–Crippen LogP) is 3.96. The maximum Gasteiger partial charge on any atom is 0.225 e. The normalized spacial score (nSPS) is 12.0. The zero-order chi connectivity index (χ0) is 22.5. The summed E-state index contributed by atoms with van der Waals surface area (Å²) in [5.74, 6) is -6.05. The topological polar surface area (TPSA) is 95.0 Å². The summed E-state index contributed by atoms with van der Waals surface area (Å²) in [5, 5.41) is 12.6. The maximum atomic E-state index is 13.9. The zero-order valence-electron chi connectivity index (χ0n) is 16.6. The number of hydrazine groups is 1. The van der Waals surface area contributed by atoms with Crippen molar-refractivity contribution in [2.24, 2.45) is 5.92 Å². The van der Waals surface area contributed by atoms with Crippen LogP contribution in [0.5, 0.6) is 0 Å². The quantitative estimate of drug-likeness (QED) is 0.241. The standard InChI is InChI=1S/C20H20F4N6O/c1-10(2)15(9-31)27-20-26-14(11-3-5-25-6-4-11)8-16(28-20)29-30-19-17(23)12(21)7-13(22)18(19)24/h3-8,10,15,30-31H,9H2,1-2H3,(H2,26,27,28,29)/t15-/m1/s1. The molecule has 0 bridgehead atoms. The number of aliphatic hydroxyl groups excluding tert-OH is 1. The van der Waals surface area contributed by atoms with Gasteiger partial charge in [-0.2, -0.15) is 4.98 Å². The van der Waals surface area contributed by atoms with E-state index in [1.54, 1.807) is 24.5 Å². The minimum Gasteiger partial charge on any atom is -0.394 e. The van der Waals surface area contributed by atoms with E-state index >= 15 is 0 Å². The number of hydrogen-bond acceptors (Lipinski definition) is 7. The second-order valence-electron chi connectivity index (χ2n) is 6.97. The number of nitrogens with zero attached hydrogens (tertiary/aromatic N) is 3. The third-order valence-corrected chi connectivity index (χ3v) is 4.45. The molecule has 0 saturated carbocycles. The second kappa shape index (κ2) is 9.56. The summed E-state index contributed by atoms with van der Waals surface area (Å²) < 4.78 is 54.7. The van der Waals surface area contributed by atoms with Crippen LogP contribution in [0.25, 0.3) is 11.3 Å². The number of halogens is 4. The molecule has 0 saturated heterocycles. The van der Waals surface area contributed by atoms with E-state index in [0.717, 1.165) is 0 Å². The highest BCUT2D eigenvalue weighted by Crippen LogP contribution is 2.26. The van der Waals surface area contributed by atoms with Crippen LogP contribution < -0.4 is 16.2 Å². The number of aromatic nitrogens is 3. The smallest absolute Gasteiger partial charge is 0.225 e. The lowest BCUT2D eigenvalue weighted by Crippen LogP contribution is -2.30. The van der Waals surface area contributed by atoms with Crippen LogP contribution in [-0.2, 0) is 0 Å². The van der Waals surface area contributed by atoms with Crippen LogP contribution in [0.2, 0.25) is 0 Å². The molecule has 1 atom stereocenters. The molecule has 0 radical (unpaired) electrons. The maximum absolute atomic E-state index is 13.9. The Morgan fingerprint density at radius 3 is 2.16 bits per heavy atom. The molecule has 0 amide bonds. The van der Waals surface area contributed by atoms with Gasteiger partial charge in [0.25, 0.3) is 0 Å². The van der Waals surface area contributed by atoms with Gasteiger partial charge in [-0.3, -0.25) is 15.8 Å². The molecule has 11 heteroatoms. The van der Waals surface area contributed by atoms with Crippen LogP contribution in [0, 0.1) is 29.2 Å². The summed E-state index contributed by atoms with van der Waals surface area (Å²) in [5.41, 5.74) is 4.61. The van der Waals surface area contributed by atoms with Gasteiger partial charge in [0.2, 0.25) is 5.95 Å². The van der Waals surface area contributed by atoms with Crippen LogP contribution in [0.4, 0.5) is 35.0 Å². The van der Waals surface area contributed by atoms with E-state index in [0.29, 0.717) is 11.3 Å². The number of anilines is 3. The number of benzene rings is 1. The molecule has 164 valence electrons. The molecule has 3 aromatic rings. The van der Waals surface area contributed by atoms with Crippen LogP contribution in [0.3, 0.4) is 0 Å². The van der Waals surface area contributed by atoms with Gasteiger partial charge in [-0.25, -0.2) is 22.5 Å². The summed E-state index contributed by atoms with van der Waals surface area (Å²) in [7, 11) is 0. The fourth-order valence-corrected chi connectivity index (χ4v) is 2.64. The lowest BCUT2D eigenvalue weighted by molar-refractivity contribution is 0.248. The van der Waals surface area contributed by atoms with E-state index in [-0.39, 0.29) is 36.4 Å². The number of pyridine rings is 1. The Morgan fingerprint density at radius 2 is 1.58 bits per heavy atom. The summed E-state index contributed by atoms with van der Waals surface area (Å²) in [6.07, 6.45) is 3.11. The van der Waals surface area contributed by atoms with Crippen molar-refractivity contribution in [2.75, 3.05) is 22.8 Å². The van der Waals surface area contributed by atoms with Crippen molar-refractivity contribution in [2.45, 2.75) is 19.9 Å². The van der Waals surface area contributed by atoms with Gasteiger partial charge in [-0.05, 0) is 18.1 Å². The van der Waals surface area contributed by atoms with Crippen molar-refractivity contribution in [3.8, 4) is 11.3 Å². The van der Waals surface area contributed by atoms with Gasteiger partial charge in [-0.1, -0.05) is 13.8 Å². The molecule has 7 nitrogen and oxygen atoms in total. The van der Waals surface area contributed by atoms with E-state index in [1.165, 1.54) is 6.07 Å². The van der Waals surface area contributed by atoms with Crippen molar-refractivity contribution in [1.29, 1.82) is 0 Å². The Hall–Kier alpha value is -3.47. The predicted molar refractivity (Wildman–Crippen MR) is 108 cm³/mol. The molecular formula is C20H20F4N6O. The molecule has 2 heterocycles. The Balaban J connectivity index is 1.95. The van der Waals surface area contributed by atoms with Crippen molar-refractivity contribution in [1.82, 2.24) is 15.0 Å². The molecule has 3 rings (SSSR count). The number of aliphatic hydroxyl groups is 1. The van der Waals surface area contributed by atoms with Crippen LogP contribution in [-0.4, -0.2) is 32.7 Å². The van der Waals surface area contributed by atoms with Crippen molar-refractivity contribution in [3.63, 3.8) is 0 Å². The van der Waals surface area contributed by atoms with Crippen molar-refractivity contribution < 1.29 is 22.7 Å². The van der Waals surface area contributed by atoms with Gasteiger partial charge in [0.15, 0.2) is 29.1 Å². The highest BCUT2D eigenvalue weighted by Gasteiger charge is 2.20. The van der Waals surface area contributed by atoms with Crippen LogP contribution in [0.15, 0.2) is 36.7 Å². The average Bonchev–Trinajstić information content (AvgIpc) is 2.76. The van der Waals surface area contributed by atoms with E-state index in [1.807, 2.05) is 13.8 Å².